The van der Waals surface area contributed by atoms with Crippen molar-refractivity contribution in [2.75, 3.05) is 0 Å². The van der Waals surface area contributed by atoms with Crippen LogP contribution in [-0.2, 0) is 0 Å². The standard InChI is InChI=1S/C7H15Cl/c1-5-7(3,4)6(2)8/h6H,5H2,1-4H3. The lowest BCUT2D eigenvalue weighted by atomic mass is 9.87. The van der Waals surface area contributed by atoms with Gasteiger partial charge in [0.1, 0.15) is 0 Å². The van der Waals surface area contributed by atoms with Crippen molar-refractivity contribution in [2.24, 2.45) is 5.41 Å². The van der Waals surface area contributed by atoms with Gasteiger partial charge in [0.25, 0.3) is 0 Å². The summed E-state index contributed by atoms with van der Waals surface area (Å²) in [6, 6.07) is 0. The summed E-state index contributed by atoms with van der Waals surface area (Å²) in [5.41, 5.74) is 0.307. The molecule has 0 saturated heterocycles. The molecule has 0 aromatic carbocycles. The highest BCUT2D eigenvalue weighted by atomic mass is 35.5. The van der Waals surface area contributed by atoms with Crippen LogP contribution in [0.2, 0.25) is 0 Å². The van der Waals surface area contributed by atoms with Crippen molar-refractivity contribution in [3.63, 3.8) is 0 Å². The zero-order valence-corrected chi connectivity index (χ0v) is 6.92. The van der Waals surface area contributed by atoms with E-state index in [-0.39, 0.29) is 5.38 Å². The Morgan fingerprint density at radius 3 is 1.88 bits per heavy atom. The van der Waals surface area contributed by atoms with E-state index in [2.05, 4.69) is 20.8 Å². The van der Waals surface area contributed by atoms with Gasteiger partial charge >= 0.3 is 0 Å². The highest BCUT2D eigenvalue weighted by molar-refractivity contribution is 6.20. The van der Waals surface area contributed by atoms with Crippen LogP contribution in [0.5, 0.6) is 0 Å². The quantitative estimate of drug-likeness (QED) is 0.510. The van der Waals surface area contributed by atoms with Crippen LogP contribution in [-0.4, -0.2) is 5.38 Å². The van der Waals surface area contributed by atoms with Crippen LogP contribution >= 0.6 is 11.6 Å². The zero-order valence-electron chi connectivity index (χ0n) is 6.16. The Morgan fingerprint density at radius 1 is 1.50 bits per heavy atom. The molecule has 0 N–H and O–H groups in total. The molecular formula is C7H15Cl. The average molecular weight is 135 g/mol. The predicted molar refractivity (Wildman–Crippen MR) is 39.4 cm³/mol. The van der Waals surface area contributed by atoms with E-state index in [9.17, 15) is 0 Å². The number of halogens is 1. The molecule has 0 spiro atoms. The van der Waals surface area contributed by atoms with Gasteiger partial charge in [-0.2, -0.15) is 0 Å². The van der Waals surface area contributed by atoms with Crippen molar-refractivity contribution in [2.45, 2.75) is 39.5 Å². The number of rotatable bonds is 2. The first-order valence-corrected chi connectivity index (χ1v) is 3.58. The molecule has 0 heterocycles. The van der Waals surface area contributed by atoms with Crippen molar-refractivity contribution < 1.29 is 0 Å². The van der Waals surface area contributed by atoms with E-state index in [0.717, 1.165) is 6.42 Å². The van der Waals surface area contributed by atoms with E-state index in [0.29, 0.717) is 5.41 Å². The predicted octanol–water partition coefficient (Wildman–Crippen LogP) is 3.05. The topological polar surface area (TPSA) is 0 Å². The smallest absolute Gasteiger partial charge is 0.0358 e. The lowest BCUT2D eigenvalue weighted by Crippen LogP contribution is -2.20. The summed E-state index contributed by atoms with van der Waals surface area (Å²) in [6.45, 7) is 8.58. The van der Waals surface area contributed by atoms with E-state index in [1.165, 1.54) is 0 Å². The maximum atomic E-state index is 5.87. The summed E-state index contributed by atoms with van der Waals surface area (Å²) < 4.78 is 0. The first-order chi connectivity index (χ1) is 3.50. The summed E-state index contributed by atoms with van der Waals surface area (Å²) in [7, 11) is 0. The second-order valence-corrected chi connectivity index (χ2v) is 3.61. The maximum absolute atomic E-state index is 5.87. The molecule has 8 heavy (non-hydrogen) atoms. The fourth-order valence-corrected chi connectivity index (χ4v) is 0.436. The highest BCUT2D eigenvalue weighted by Crippen LogP contribution is 2.28. The van der Waals surface area contributed by atoms with Gasteiger partial charge in [-0.1, -0.05) is 20.8 Å². The molecule has 0 aliphatic rings. The molecule has 50 valence electrons. The van der Waals surface area contributed by atoms with Crippen LogP contribution in [0.25, 0.3) is 0 Å². The van der Waals surface area contributed by atoms with Gasteiger partial charge in [0.2, 0.25) is 0 Å². The number of hydrogen-bond donors (Lipinski definition) is 0. The lowest BCUT2D eigenvalue weighted by Gasteiger charge is -2.25. The van der Waals surface area contributed by atoms with Gasteiger partial charge in [-0.05, 0) is 18.8 Å². The Kier molecular flexibility index (Phi) is 2.82. The Labute approximate surface area is 57.2 Å². The van der Waals surface area contributed by atoms with Gasteiger partial charge in [-0.15, -0.1) is 11.6 Å². The van der Waals surface area contributed by atoms with Gasteiger partial charge in [-0.3, -0.25) is 0 Å². The summed E-state index contributed by atoms with van der Waals surface area (Å²) >= 11 is 5.87. The van der Waals surface area contributed by atoms with Crippen molar-refractivity contribution >= 4 is 11.6 Å². The molecule has 1 heteroatoms. The molecule has 1 unspecified atom stereocenters. The molecule has 0 nitrogen and oxygen atoms in total. The third-order valence-electron chi connectivity index (χ3n) is 1.99. The van der Waals surface area contributed by atoms with Gasteiger partial charge in [0.05, 0.1) is 0 Å². The van der Waals surface area contributed by atoms with Crippen LogP contribution in [0.3, 0.4) is 0 Å². The number of alkyl halides is 1. The molecule has 0 radical (unpaired) electrons. The van der Waals surface area contributed by atoms with Crippen LogP contribution in [0.4, 0.5) is 0 Å². The van der Waals surface area contributed by atoms with Gasteiger partial charge in [0.15, 0.2) is 0 Å². The summed E-state index contributed by atoms with van der Waals surface area (Å²) in [6.07, 6.45) is 1.15. The fourth-order valence-electron chi connectivity index (χ4n) is 0.281. The Hall–Kier alpha value is 0.290. The normalized spacial score (nSPS) is 16.1. The molecule has 0 aromatic heterocycles. The minimum absolute atomic E-state index is 0.285. The third-order valence-corrected chi connectivity index (χ3v) is 2.58. The van der Waals surface area contributed by atoms with Crippen LogP contribution in [0.15, 0.2) is 0 Å². The molecule has 0 aliphatic heterocycles. The third kappa shape index (κ3) is 2.04. The monoisotopic (exact) mass is 134 g/mol. The highest BCUT2D eigenvalue weighted by Gasteiger charge is 2.20. The van der Waals surface area contributed by atoms with Crippen molar-refractivity contribution in [1.82, 2.24) is 0 Å². The Morgan fingerprint density at radius 2 is 1.88 bits per heavy atom. The molecular weight excluding hydrogens is 120 g/mol. The SMILES string of the molecule is CCC(C)(C)C(C)Cl. The molecule has 0 aromatic rings. The van der Waals surface area contributed by atoms with E-state index in [1.54, 1.807) is 0 Å². The molecule has 0 amide bonds. The average Bonchev–Trinajstić information content (AvgIpc) is 1.67. The first-order valence-electron chi connectivity index (χ1n) is 3.14. The lowest BCUT2D eigenvalue weighted by molar-refractivity contribution is 0.345. The van der Waals surface area contributed by atoms with Gasteiger partial charge in [0, 0.05) is 5.38 Å². The second-order valence-electron chi connectivity index (χ2n) is 2.96. The second kappa shape index (κ2) is 2.72. The minimum atomic E-state index is 0.285. The van der Waals surface area contributed by atoms with Crippen molar-refractivity contribution in [1.29, 1.82) is 0 Å². The molecule has 0 fully saturated rings. The van der Waals surface area contributed by atoms with Crippen LogP contribution < -0.4 is 0 Å². The minimum Gasteiger partial charge on any atom is -0.123 e. The summed E-state index contributed by atoms with van der Waals surface area (Å²) in [5.74, 6) is 0. The fraction of sp³-hybridized carbons (Fsp3) is 1.00. The van der Waals surface area contributed by atoms with E-state index in [4.69, 9.17) is 11.6 Å². The van der Waals surface area contributed by atoms with E-state index in [1.807, 2.05) is 6.92 Å². The molecule has 0 rings (SSSR count). The summed E-state index contributed by atoms with van der Waals surface area (Å²) in [5, 5.41) is 0.285. The van der Waals surface area contributed by atoms with Crippen LogP contribution in [0.1, 0.15) is 34.1 Å². The van der Waals surface area contributed by atoms with Crippen molar-refractivity contribution in [3.05, 3.63) is 0 Å². The van der Waals surface area contributed by atoms with Gasteiger partial charge in [-0.25, -0.2) is 0 Å². The first kappa shape index (κ1) is 8.29. The zero-order chi connectivity index (χ0) is 6.78. The Balaban J connectivity index is 3.71. The largest absolute Gasteiger partial charge is 0.123 e. The Bertz CT molecular complexity index is 64.8. The van der Waals surface area contributed by atoms with Gasteiger partial charge < -0.3 is 0 Å². The van der Waals surface area contributed by atoms with Crippen LogP contribution in [0, 0.1) is 5.41 Å². The molecule has 1 atom stereocenters. The van der Waals surface area contributed by atoms with Crippen molar-refractivity contribution in [3.8, 4) is 0 Å². The summed E-state index contributed by atoms with van der Waals surface area (Å²) in [4.78, 5) is 0. The molecule has 0 aliphatic carbocycles. The molecule has 0 saturated carbocycles. The molecule has 0 bridgehead atoms. The van der Waals surface area contributed by atoms with E-state index >= 15 is 0 Å². The number of hydrogen-bond acceptors (Lipinski definition) is 0. The van der Waals surface area contributed by atoms with E-state index < -0.39 is 0 Å². The maximum Gasteiger partial charge on any atom is 0.0358 e.